The number of nitrogens with one attached hydrogen (secondary N) is 2. The average molecular weight is 412 g/mol. The number of nitrogen functional groups attached to an aromatic ring is 1. The first-order valence-corrected chi connectivity index (χ1v) is 10.3. The number of amides is 2. The monoisotopic (exact) mass is 411 g/mol. The topological polar surface area (TPSA) is 104 Å². The highest BCUT2D eigenvalue weighted by atomic mass is 16.3. The maximum atomic E-state index is 12.7. The van der Waals surface area contributed by atoms with Crippen LogP contribution in [0, 0.1) is 5.41 Å². The minimum absolute atomic E-state index is 0.0265. The van der Waals surface area contributed by atoms with Crippen LogP contribution in [0.5, 0.6) is 5.75 Å². The van der Waals surface area contributed by atoms with Gasteiger partial charge in [0, 0.05) is 17.8 Å². The predicted octanol–water partition coefficient (Wildman–Crippen LogP) is 3.43. The van der Waals surface area contributed by atoms with Gasteiger partial charge in [0.25, 0.3) is 5.91 Å². The van der Waals surface area contributed by atoms with E-state index in [0.29, 0.717) is 30.6 Å². The standard InChI is InChI=1S/C24H33N3O3/c1-5-21(23(30)26-15-24(2,3)4)27-22(29)18-10-13-20(25)17(14-18)9-6-16-7-11-19(28)12-8-16/h7-8,10-14,21,28H,5-6,9,15,25H2,1-4H3,(H,26,30)(H,27,29). The number of benzene rings is 2. The average Bonchev–Trinajstić information content (AvgIpc) is 2.70. The van der Waals surface area contributed by atoms with Crippen LogP contribution in [0.1, 0.15) is 55.6 Å². The Kier molecular flexibility index (Phi) is 7.86. The van der Waals surface area contributed by atoms with Crippen molar-refractivity contribution in [3.05, 3.63) is 59.2 Å². The smallest absolute Gasteiger partial charge is 0.251 e. The Bertz CT molecular complexity index is 870. The summed E-state index contributed by atoms with van der Waals surface area (Å²) in [5.74, 6) is -0.239. The normalized spacial score (nSPS) is 12.3. The zero-order valence-corrected chi connectivity index (χ0v) is 18.3. The molecule has 2 aromatic carbocycles. The Hall–Kier alpha value is -3.02. The molecule has 6 heteroatoms. The SMILES string of the molecule is CCC(NC(=O)c1ccc(N)c(CCc2ccc(O)cc2)c1)C(=O)NCC(C)(C)C. The van der Waals surface area contributed by atoms with Crippen molar-refractivity contribution in [1.82, 2.24) is 10.6 Å². The van der Waals surface area contributed by atoms with Crippen LogP contribution in [0.3, 0.4) is 0 Å². The van der Waals surface area contributed by atoms with E-state index in [1.807, 2.05) is 39.8 Å². The van der Waals surface area contributed by atoms with Gasteiger partial charge in [0.05, 0.1) is 0 Å². The number of hydrogen-bond acceptors (Lipinski definition) is 4. The van der Waals surface area contributed by atoms with Crippen LogP contribution >= 0.6 is 0 Å². The number of hydrogen-bond donors (Lipinski definition) is 4. The van der Waals surface area contributed by atoms with Gasteiger partial charge in [-0.25, -0.2) is 0 Å². The number of carbonyl (C=O) groups is 2. The Morgan fingerprint density at radius 2 is 1.73 bits per heavy atom. The van der Waals surface area contributed by atoms with Crippen LogP contribution in [0.25, 0.3) is 0 Å². The molecule has 6 nitrogen and oxygen atoms in total. The highest BCUT2D eigenvalue weighted by Crippen LogP contribution is 2.18. The van der Waals surface area contributed by atoms with Gasteiger partial charge in [-0.1, -0.05) is 39.8 Å². The maximum absolute atomic E-state index is 12.7. The van der Waals surface area contributed by atoms with Crippen molar-refractivity contribution in [1.29, 1.82) is 0 Å². The lowest BCUT2D eigenvalue weighted by Gasteiger charge is -2.22. The minimum Gasteiger partial charge on any atom is -0.508 e. The Morgan fingerprint density at radius 1 is 1.07 bits per heavy atom. The first-order chi connectivity index (χ1) is 14.1. The quantitative estimate of drug-likeness (QED) is 0.500. The Morgan fingerprint density at radius 3 is 2.33 bits per heavy atom. The molecule has 162 valence electrons. The number of phenolic OH excluding ortho intramolecular Hbond substituents is 1. The summed E-state index contributed by atoms with van der Waals surface area (Å²) >= 11 is 0. The highest BCUT2D eigenvalue weighted by molar-refractivity contribution is 5.98. The van der Waals surface area contributed by atoms with Crippen LogP contribution in [0.15, 0.2) is 42.5 Å². The van der Waals surface area contributed by atoms with Gasteiger partial charge < -0.3 is 21.5 Å². The fourth-order valence-corrected chi connectivity index (χ4v) is 2.98. The fraction of sp³-hybridized carbons (Fsp3) is 0.417. The molecule has 0 bridgehead atoms. The molecule has 0 radical (unpaired) electrons. The number of anilines is 1. The van der Waals surface area contributed by atoms with Crippen molar-refractivity contribution in [2.24, 2.45) is 5.41 Å². The second-order valence-corrected chi connectivity index (χ2v) is 8.79. The van der Waals surface area contributed by atoms with E-state index in [-0.39, 0.29) is 23.0 Å². The predicted molar refractivity (Wildman–Crippen MR) is 120 cm³/mol. The lowest BCUT2D eigenvalue weighted by molar-refractivity contribution is -0.123. The van der Waals surface area contributed by atoms with Gasteiger partial charge in [-0.3, -0.25) is 9.59 Å². The highest BCUT2D eigenvalue weighted by Gasteiger charge is 2.21. The molecule has 0 spiro atoms. The first kappa shape index (κ1) is 23.3. The molecule has 30 heavy (non-hydrogen) atoms. The summed E-state index contributed by atoms with van der Waals surface area (Å²) in [6.07, 6.45) is 1.91. The third-order valence-electron chi connectivity index (χ3n) is 4.85. The summed E-state index contributed by atoms with van der Waals surface area (Å²) in [5, 5.41) is 15.1. The summed E-state index contributed by atoms with van der Waals surface area (Å²) in [5.41, 5.74) is 9.12. The zero-order valence-electron chi connectivity index (χ0n) is 18.3. The molecule has 0 saturated carbocycles. The van der Waals surface area contributed by atoms with E-state index in [9.17, 15) is 14.7 Å². The van der Waals surface area contributed by atoms with Crippen molar-refractivity contribution >= 4 is 17.5 Å². The maximum Gasteiger partial charge on any atom is 0.251 e. The molecule has 0 aliphatic rings. The molecule has 5 N–H and O–H groups in total. The molecule has 2 aromatic rings. The van der Waals surface area contributed by atoms with E-state index >= 15 is 0 Å². The number of aryl methyl sites for hydroxylation is 2. The lowest BCUT2D eigenvalue weighted by atomic mass is 9.97. The molecule has 2 rings (SSSR count). The van der Waals surface area contributed by atoms with Crippen molar-refractivity contribution in [2.75, 3.05) is 12.3 Å². The summed E-state index contributed by atoms with van der Waals surface area (Å²) in [4.78, 5) is 25.2. The summed E-state index contributed by atoms with van der Waals surface area (Å²) in [6.45, 7) is 8.54. The molecular weight excluding hydrogens is 378 g/mol. The summed E-state index contributed by atoms with van der Waals surface area (Å²) in [7, 11) is 0. The van der Waals surface area contributed by atoms with Crippen LogP contribution in [0.4, 0.5) is 5.69 Å². The molecule has 0 saturated heterocycles. The van der Waals surface area contributed by atoms with Gasteiger partial charge in [0.15, 0.2) is 0 Å². The molecule has 0 aromatic heterocycles. The van der Waals surface area contributed by atoms with Crippen LogP contribution in [-0.2, 0) is 17.6 Å². The van der Waals surface area contributed by atoms with E-state index in [2.05, 4.69) is 10.6 Å². The van der Waals surface area contributed by atoms with Crippen molar-refractivity contribution in [2.45, 2.75) is 53.0 Å². The molecule has 0 aliphatic carbocycles. The molecule has 1 unspecified atom stereocenters. The van der Waals surface area contributed by atoms with Crippen molar-refractivity contribution in [3.63, 3.8) is 0 Å². The van der Waals surface area contributed by atoms with E-state index in [4.69, 9.17) is 5.73 Å². The van der Waals surface area contributed by atoms with E-state index in [0.717, 1.165) is 17.5 Å². The number of nitrogens with two attached hydrogens (primary N) is 1. The summed E-state index contributed by atoms with van der Waals surface area (Å²) < 4.78 is 0. The van der Waals surface area contributed by atoms with Gasteiger partial charge in [-0.2, -0.15) is 0 Å². The lowest BCUT2D eigenvalue weighted by Crippen LogP contribution is -2.48. The second-order valence-electron chi connectivity index (χ2n) is 8.79. The fourth-order valence-electron chi connectivity index (χ4n) is 2.98. The van der Waals surface area contributed by atoms with Gasteiger partial charge in [0.1, 0.15) is 11.8 Å². The number of carbonyl (C=O) groups excluding carboxylic acids is 2. The Balaban J connectivity index is 2.03. The molecule has 0 heterocycles. The number of aromatic hydroxyl groups is 1. The van der Waals surface area contributed by atoms with Crippen LogP contribution in [0.2, 0.25) is 0 Å². The Labute approximate surface area is 178 Å². The van der Waals surface area contributed by atoms with Gasteiger partial charge in [-0.15, -0.1) is 0 Å². The van der Waals surface area contributed by atoms with Crippen molar-refractivity contribution in [3.8, 4) is 5.75 Å². The third kappa shape index (κ3) is 7.10. The molecule has 0 fully saturated rings. The molecular formula is C24H33N3O3. The third-order valence-corrected chi connectivity index (χ3v) is 4.85. The van der Waals surface area contributed by atoms with Gasteiger partial charge in [-0.05, 0) is 66.1 Å². The molecule has 0 aliphatic heterocycles. The molecule has 1 atom stereocenters. The number of phenols is 1. The van der Waals surface area contributed by atoms with Crippen LogP contribution < -0.4 is 16.4 Å². The van der Waals surface area contributed by atoms with E-state index in [1.165, 1.54) is 0 Å². The largest absolute Gasteiger partial charge is 0.508 e. The second kappa shape index (κ2) is 10.1. The van der Waals surface area contributed by atoms with Crippen LogP contribution in [-0.4, -0.2) is 29.5 Å². The minimum atomic E-state index is -0.585. The number of rotatable bonds is 8. The first-order valence-electron chi connectivity index (χ1n) is 10.3. The van der Waals surface area contributed by atoms with E-state index in [1.54, 1.807) is 30.3 Å². The van der Waals surface area contributed by atoms with Crippen molar-refractivity contribution < 1.29 is 14.7 Å². The van der Waals surface area contributed by atoms with Gasteiger partial charge >= 0.3 is 0 Å². The molecule has 2 amide bonds. The zero-order chi connectivity index (χ0) is 22.3. The van der Waals surface area contributed by atoms with Gasteiger partial charge in [0.2, 0.25) is 5.91 Å². The van der Waals surface area contributed by atoms with E-state index < -0.39 is 6.04 Å². The summed E-state index contributed by atoms with van der Waals surface area (Å²) in [6, 6.07) is 11.6.